The van der Waals surface area contributed by atoms with Gasteiger partial charge in [-0.15, -0.1) is 0 Å². The first-order chi connectivity index (χ1) is 13.5. The summed E-state index contributed by atoms with van der Waals surface area (Å²) in [7, 11) is 0. The number of benzene rings is 2. The number of hydrogen-bond acceptors (Lipinski definition) is 4. The first-order valence-corrected chi connectivity index (χ1v) is 9.02. The van der Waals surface area contributed by atoms with Crippen molar-refractivity contribution < 1.29 is 19.1 Å². The van der Waals surface area contributed by atoms with Gasteiger partial charge in [0.1, 0.15) is 5.76 Å². The highest BCUT2D eigenvalue weighted by atomic mass is 32.1. The van der Waals surface area contributed by atoms with Crippen LogP contribution in [0, 0.1) is 0 Å². The molecule has 3 rings (SSSR count). The fraction of sp³-hybridized carbons (Fsp3) is 0.0952. The Balaban J connectivity index is 1.73. The van der Waals surface area contributed by atoms with E-state index in [1.807, 2.05) is 19.1 Å². The van der Waals surface area contributed by atoms with Gasteiger partial charge in [0.05, 0.1) is 5.69 Å². The monoisotopic (exact) mass is 394 g/mol. The molecule has 0 saturated heterocycles. The van der Waals surface area contributed by atoms with Gasteiger partial charge < -0.3 is 14.8 Å². The molecule has 0 fully saturated rings. The van der Waals surface area contributed by atoms with Gasteiger partial charge in [-0.25, -0.2) is 4.79 Å². The van der Waals surface area contributed by atoms with E-state index in [-0.39, 0.29) is 16.8 Å². The van der Waals surface area contributed by atoms with Crippen molar-refractivity contribution in [2.75, 3.05) is 5.32 Å². The molecule has 28 heavy (non-hydrogen) atoms. The average Bonchev–Trinajstić information content (AvgIpc) is 3.18. The summed E-state index contributed by atoms with van der Waals surface area (Å²) >= 11 is 5.25. The Morgan fingerprint density at radius 2 is 1.75 bits per heavy atom. The Hall–Kier alpha value is -3.45. The third-order valence-corrected chi connectivity index (χ3v) is 4.31. The maximum Gasteiger partial charge on any atom is 0.371 e. The molecule has 0 aliphatic carbocycles. The van der Waals surface area contributed by atoms with E-state index in [9.17, 15) is 9.59 Å². The maximum atomic E-state index is 12.4. The van der Waals surface area contributed by atoms with Crippen LogP contribution in [0.4, 0.5) is 5.69 Å². The molecular formula is C21H18N2O4S. The molecule has 3 aromatic rings. The van der Waals surface area contributed by atoms with E-state index in [1.165, 1.54) is 6.07 Å². The molecule has 0 aliphatic heterocycles. The molecule has 0 atom stereocenters. The van der Waals surface area contributed by atoms with Crippen LogP contribution in [-0.4, -0.2) is 22.1 Å². The minimum Gasteiger partial charge on any atom is -0.475 e. The molecule has 2 aromatic carbocycles. The van der Waals surface area contributed by atoms with Gasteiger partial charge >= 0.3 is 5.97 Å². The van der Waals surface area contributed by atoms with Gasteiger partial charge in [0.15, 0.2) is 5.11 Å². The van der Waals surface area contributed by atoms with E-state index >= 15 is 0 Å². The number of hydrogen-bond donors (Lipinski definition) is 3. The largest absolute Gasteiger partial charge is 0.475 e. The van der Waals surface area contributed by atoms with E-state index in [2.05, 4.69) is 10.6 Å². The maximum absolute atomic E-state index is 12.4. The number of aryl methyl sites for hydroxylation is 1. The highest BCUT2D eigenvalue weighted by molar-refractivity contribution is 7.80. The van der Waals surface area contributed by atoms with Crippen molar-refractivity contribution >= 4 is 34.9 Å². The highest BCUT2D eigenvalue weighted by Crippen LogP contribution is 2.29. The summed E-state index contributed by atoms with van der Waals surface area (Å²) < 4.78 is 5.36. The second-order valence-electron chi connectivity index (χ2n) is 5.97. The third kappa shape index (κ3) is 4.44. The van der Waals surface area contributed by atoms with Crippen LogP contribution in [0.2, 0.25) is 0 Å². The van der Waals surface area contributed by atoms with Crippen molar-refractivity contribution in [3.8, 4) is 11.3 Å². The molecule has 1 aromatic heterocycles. The van der Waals surface area contributed by atoms with E-state index in [0.717, 1.165) is 12.0 Å². The van der Waals surface area contributed by atoms with Gasteiger partial charge in [-0.3, -0.25) is 10.1 Å². The number of carbonyl (C=O) groups excluding carboxylic acids is 1. The Kier molecular flexibility index (Phi) is 5.86. The van der Waals surface area contributed by atoms with Crippen LogP contribution in [-0.2, 0) is 6.42 Å². The highest BCUT2D eigenvalue weighted by Gasteiger charge is 2.14. The number of aromatic carboxylic acids is 1. The third-order valence-electron chi connectivity index (χ3n) is 4.11. The molecule has 0 radical (unpaired) electrons. The predicted molar refractivity (Wildman–Crippen MR) is 111 cm³/mol. The fourth-order valence-corrected chi connectivity index (χ4v) is 2.83. The van der Waals surface area contributed by atoms with Crippen molar-refractivity contribution in [3.63, 3.8) is 0 Å². The van der Waals surface area contributed by atoms with Crippen LogP contribution in [0.25, 0.3) is 11.3 Å². The molecule has 1 heterocycles. The summed E-state index contributed by atoms with van der Waals surface area (Å²) in [5.41, 5.74) is 2.86. The molecule has 0 bridgehead atoms. The summed E-state index contributed by atoms with van der Waals surface area (Å²) in [6, 6.07) is 17.4. The summed E-state index contributed by atoms with van der Waals surface area (Å²) in [6.45, 7) is 2.05. The van der Waals surface area contributed by atoms with E-state index in [1.54, 1.807) is 42.5 Å². The fourth-order valence-electron chi connectivity index (χ4n) is 2.63. The minimum atomic E-state index is -1.14. The van der Waals surface area contributed by atoms with Crippen LogP contribution >= 0.6 is 12.2 Å². The van der Waals surface area contributed by atoms with E-state index < -0.39 is 5.97 Å². The minimum absolute atomic E-state index is 0.127. The molecule has 0 unspecified atom stereocenters. The standard InChI is InChI=1S/C21H18N2O4S/c1-2-13-7-9-14(10-8-13)19(24)23-21(28)22-16-6-4-3-5-15(16)17-11-12-18(27-17)20(25)26/h3-12H,2H2,1H3,(H,25,26)(H2,22,23,24,28). The molecule has 6 nitrogen and oxygen atoms in total. The molecule has 7 heteroatoms. The number of carboxylic acid groups (broad SMARTS) is 1. The van der Waals surface area contributed by atoms with Crippen LogP contribution in [0.15, 0.2) is 65.1 Å². The average molecular weight is 394 g/mol. The van der Waals surface area contributed by atoms with Gasteiger partial charge in [-0.2, -0.15) is 0 Å². The molecule has 0 spiro atoms. The number of amides is 1. The van der Waals surface area contributed by atoms with Gasteiger partial charge in [-0.05, 0) is 60.6 Å². The number of para-hydroxylation sites is 1. The zero-order chi connectivity index (χ0) is 20.1. The van der Waals surface area contributed by atoms with Gasteiger partial charge in [0, 0.05) is 11.1 Å². The van der Waals surface area contributed by atoms with Gasteiger partial charge in [0.2, 0.25) is 5.76 Å². The molecule has 0 saturated carbocycles. The van der Waals surface area contributed by atoms with Crippen LogP contribution in [0.3, 0.4) is 0 Å². The second-order valence-corrected chi connectivity index (χ2v) is 6.38. The topological polar surface area (TPSA) is 91.6 Å². The molecule has 0 aliphatic rings. The normalized spacial score (nSPS) is 10.3. The Morgan fingerprint density at radius 1 is 1.04 bits per heavy atom. The van der Waals surface area contributed by atoms with Crippen molar-refractivity contribution in [2.45, 2.75) is 13.3 Å². The van der Waals surface area contributed by atoms with E-state index in [0.29, 0.717) is 22.6 Å². The predicted octanol–water partition coefficient (Wildman–Crippen LogP) is 4.33. The lowest BCUT2D eigenvalue weighted by molar-refractivity contribution is 0.0663. The summed E-state index contributed by atoms with van der Waals surface area (Å²) in [4.78, 5) is 23.4. The smallest absolute Gasteiger partial charge is 0.371 e. The lowest BCUT2D eigenvalue weighted by Gasteiger charge is -2.12. The number of furan rings is 1. The quantitative estimate of drug-likeness (QED) is 0.558. The van der Waals surface area contributed by atoms with Crippen molar-refractivity contribution in [1.82, 2.24) is 5.32 Å². The Labute approximate surface area is 167 Å². The van der Waals surface area contributed by atoms with Crippen molar-refractivity contribution in [2.24, 2.45) is 0 Å². The van der Waals surface area contributed by atoms with Gasteiger partial charge in [0.25, 0.3) is 5.91 Å². The van der Waals surface area contributed by atoms with Crippen LogP contribution < -0.4 is 10.6 Å². The number of carbonyl (C=O) groups is 2. The van der Waals surface area contributed by atoms with Crippen molar-refractivity contribution in [1.29, 1.82) is 0 Å². The lowest BCUT2D eigenvalue weighted by Crippen LogP contribution is -2.34. The summed E-state index contributed by atoms with van der Waals surface area (Å²) in [5, 5.41) is 14.8. The molecule has 3 N–H and O–H groups in total. The lowest BCUT2D eigenvalue weighted by atomic mass is 10.1. The number of rotatable bonds is 5. The first kappa shape index (κ1) is 19.3. The SMILES string of the molecule is CCc1ccc(C(=O)NC(=S)Nc2ccccc2-c2ccc(C(=O)O)o2)cc1. The van der Waals surface area contributed by atoms with Gasteiger partial charge in [-0.1, -0.05) is 31.2 Å². The van der Waals surface area contributed by atoms with Crippen LogP contribution in [0.1, 0.15) is 33.4 Å². The van der Waals surface area contributed by atoms with E-state index in [4.69, 9.17) is 21.7 Å². The molecule has 1 amide bonds. The zero-order valence-electron chi connectivity index (χ0n) is 15.1. The number of anilines is 1. The zero-order valence-corrected chi connectivity index (χ0v) is 15.9. The number of nitrogens with one attached hydrogen (secondary N) is 2. The summed E-state index contributed by atoms with van der Waals surface area (Å²) in [6.07, 6.45) is 0.898. The molecule has 142 valence electrons. The summed E-state index contributed by atoms with van der Waals surface area (Å²) in [5.74, 6) is -1.24. The Bertz CT molecular complexity index is 1020. The number of thiocarbonyl (C=S) groups is 1. The first-order valence-electron chi connectivity index (χ1n) is 8.61. The van der Waals surface area contributed by atoms with Crippen LogP contribution in [0.5, 0.6) is 0 Å². The second kappa shape index (κ2) is 8.49. The molecular weight excluding hydrogens is 376 g/mol. The Morgan fingerprint density at radius 3 is 2.39 bits per heavy atom. The number of carboxylic acids is 1. The van der Waals surface area contributed by atoms with Crippen molar-refractivity contribution in [3.05, 3.63) is 77.6 Å².